The van der Waals surface area contributed by atoms with Crippen LogP contribution in [-0.2, 0) is 9.59 Å². The van der Waals surface area contributed by atoms with Gasteiger partial charge in [-0.25, -0.2) is 4.98 Å². The summed E-state index contributed by atoms with van der Waals surface area (Å²) in [6.45, 7) is 10.7. The summed E-state index contributed by atoms with van der Waals surface area (Å²) in [5, 5.41) is 11.4. The van der Waals surface area contributed by atoms with Gasteiger partial charge in [0.2, 0.25) is 0 Å². The standard InChI is InChI=1S/C26H30N4O3/c1-5-28(6-2)15-16-30-22(19-12-8-7-9-13-19)20(24(32)26(30)33)23(31)21-18(4)29-14-10-11-17(3)25(29)27-21/h7-14,22,31H,5-6,15-16H2,1-4H3/b23-20+. The molecular formula is C26H30N4O3. The van der Waals surface area contributed by atoms with Crippen LogP contribution in [-0.4, -0.2) is 62.2 Å². The molecule has 1 N–H and O–H groups in total. The van der Waals surface area contributed by atoms with Gasteiger partial charge in [0.1, 0.15) is 11.3 Å². The summed E-state index contributed by atoms with van der Waals surface area (Å²) in [5.74, 6) is -1.49. The molecule has 33 heavy (non-hydrogen) atoms. The van der Waals surface area contributed by atoms with E-state index in [9.17, 15) is 14.7 Å². The molecule has 0 bridgehead atoms. The van der Waals surface area contributed by atoms with Gasteiger partial charge in [0.25, 0.3) is 11.7 Å². The Bertz CT molecular complexity index is 1230. The number of amides is 1. The highest BCUT2D eigenvalue weighted by Crippen LogP contribution is 2.39. The maximum Gasteiger partial charge on any atom is 0.295 e. The molecular weight excluding hydrogens is 416 g/mol. The van der Waals surface area contributed by atoms with Crippen LogP contribution in [0.3, 0.4) is 0 Å². The lowest BCUT2D eigenvalue weighted by Gasteiger charge is -2.28. The van der Waals surface area contributed by atoms with Gasteiger partial charge in [-0.1, -0.05) is 50.2 Å². The Balaban J connectivity index is 1.86. The first-order valence-electron chi connectivity index (χ1n) is 11.4. The van der Waals surface area contributed by atoms with Crippen molar-refractivity contribution in [1.29, 1.82) is 0 Å². The number of hydrogen-bond acceptors (Lipinski definition) is 5. The van der Waals surface area contributed by atoms with E-state index in [0.717, 1.165) is 24.2 Å². The molecule has 2 aromatic heterocycles. The second-order valence-electron chi connectivity index (χ2n) is 8.36. The van der Waals surface area contributed by atoms with E-state index in [1.54, 1.807) is 4.90 Å². The SMILES string of the molecule is CCN(CC)CCN1C(=O)C(=O)/C(=C(/O)c2nc3c(C)cccn3c2C)C1c1ccccc1. The molecule has 0 aliphatic carbocycles. The number of rotatable bonds is 7. The van der Waals surface area contributed by atoms with Gasteiger partial charge in [-0.05, 0) is 44.1 Å². The molecule has 1 amide bonds. The Morgan fingerprint density at radius 1 is 1.06 bits per heavy atom. The molecule has 1 fully saturated rings. The van der Waals surface area contributed by atoms with Crippen molar-refractivity contribution in [2.75, 3.05) is 26.2 Å². The first-order valence-corrected chi connectivity index (χ1v) is 11.4. The molecule has 3 aromatic rings. The van der Waals surface area contributed by atoms with Crippen LogP contribution in [0, 0.1) is 13.8 Å². The zero-order valence-corrected chi connectivity index (χ0v) is 19.6. The third-order valence-electron chi connectivity index (χ3n) is 6.52. The highest BCUT2D eigenvalue weighted by Gasteiger charge is 2.46. The lowest BCUT2D eigenvalue weighted by Crippen LogP contribution is -2.38. The molecule has 1 aliphatic rings. The van der Waals surface area contributed by atoms with Crippen LogP contribution in [0.4, 0.5) is 0 Å². The predicted octanol–water partition coefficient (Wildman–Crippen LogP) is 3.71. The fraction of sp³-hybridized carbons (Fsp3) is 0.346. The predicted molar refractivity (Wildman–Crippen MR) is 128 cm³/mol. The number of aliphatic hydroxyl groups is 1. The zero-order valence-electron chi connectivity index (χ0n) is 19.6. The second-order valence-corrected chi connectivity index (χ2v) is 8.36. The van der Waals surface area contributed by atoms with Crippen LogP contribution >= 0.6 is 0 Å². The number of hydrogen-bond donors (Lipinski definition) is 1. The van der Waals surface area contributed by atoms with Gasteiger partial charge in [-0.2, -0.15) is 0 Å². The number of aryl methyl sites for hydroxylation is 2. The number of nitrogens with zero attached hydrogens (tertiary/aromatic N) is 4. The van der Waals surface area contributed by atoms with Crippen molar-refractivity contribution in [3.63, 3.8) is 0 Å². The molecule has 4 rings (SSSR count). The van der Waals surface area contributed by atoms with Crippen molar-refractivity contribution in [1.82, 2.24) is 19.2 Å². The third-order valence-corrected chi connectivity index (χ3v) is 6.52. The van der Waals surface area contributed by atoms with Gasteiger partial charge in [0, 0.05) is 19.3 Å². The van der Waals surface area contributed by atoms with Crippen molar-refractivity contribution in [2.24, 2.45) is 0 Å². The summed E-state index contributed by atoms with van der Waals surface area (Å²) < 4.78 is 1.89. The first-order chi connectivity index (χ1) is 15.9. The van der Waals surface area contributed by atoms with Crippen LogP contribution in [0.1, 0.15) is 42.4 Å². The molecule has 1 atom stereocenters. The van der Waals surface area contributed by atoms with E-state index in [2.05, 4.69) is 23.7 Å². The number of Topliss-reactive ketones (excluding diaryl/α,β-unsaturated/α-hetero) is 1. The number of likely N-dealkylation sites (tertiary alicyclic amines) is 1. The molecule has 0 saturated carbocycles. The summed E-state index contributed by atoms with van der Waals surface area (Å²) in [5.41, 5.74) is 3.59. The number of imidazole rings is 1. The van der Waals surface area contributed by atoms with Crippen molar-refractivity contribution in [2.45, 2.75) is 33.7 Å². The normalized spacial score (nSPS) is 18.1. The van der Waals surface area contributed by atoms with E-state index >= 15 is 0 Å². The molecule has 3 heterocycles. The Kier molecular flexibility index (Phi) is 6.33. The summed E-state index contributed by atoms with van der Waals surface area (Å²) in [6.07, 6.45) is 1.87. The number of carbonyl (C=O) groups excluding carboxylic acids is 2. The number of benzene rings is 1. The van der Waals surface area contributed by atoms with E-state index < -0.39 is 17.7 Å². The highest BCUT2D eigenvalue weighted by atomic mass is 16.3. The summed E-state index contributed by atoms with van der Waals surface area (Å²) >= 11 is 0. The highest BCUT2D eigenvalue weighted by molar-refractivity contribution is 6.46. The maximum absolute atomic E-state index is 13.2. The minimum atomic E-state index is -0.672. The number of carbonyl (C=O) groups is 2. The first kappa shape index (κ1) is 22.7. The molecule has 7 nitrogen and oxygen atoms in total. The Hall–Kier alpha value is -3.45. The number of pyridine rings is 1. The van der Waals surface area contributed by atoms with E-state index in [1.165, 1.54) is 0 Å². The topological polar surface area (TPSA) is 78.2 Å². The summed E-state index contributed by atoms with van der Waals surface area (Å²) in [7, 11) is 0. The molecule has 1 aromatic carbocycles. The van der Waals surface area contributed by atoms with Crippen molar-refractivity contribution in [3.8, 4) is 0 Å². The number of aliphatic hydroxyl groups excluding tert-OH is 1. The van der Waals surface area contributed by atoms with E-state index in [0.29, 0.717) is 30.1 Å². The van der Waals surface area contributed by atoms with Crippen molar-refractivity contribution in [3.05, 3.63) is 76.7 Å². The largest absolute Gasteiger partial charge is 0.505 e. The molecule has 0 spiro atoms. The third kappa shape index (κ3) is 3.93. The second kappa shape index (κ2) is 9.19. The Labute approximate surface area is 194 Å². The number of ketones is 1. The molecule has 172 valence electrons. The van der Waals surface area contributed by atoms with Gasteiger partial charge in [0.05, 0.1) is 17.3 Å². The Morgan fingerprint density at radius 2 is 1.76 bits per heavy atom. The van der Waals surface area contributed by atoms with Gasteiger partial charge in [-0.15, -0.1) is 0 Å². The quantitative estimate of drug-likeness (QED) is 0.340. The summed E-state index contributed by atoms with van der Waals surface area (Å²) in [4.78, 5) is 34.8. The maximum atomic E-state index is 13.2. The molecule has 1 unspecified atom stereocenters. The van der Waals surface area contributed by atoms with Crippen LogP contribution < -0.4 is 0 Å². The minimum absolute atomic E-state index is 0.0925. The van der Waals surface area contributed by atoms with Crippen molar-refractivity contribution < 1.29 is 14.7 Å². The van der Waals surface area contributed by atoms with Crippen LogP contribution in [0.2, 0.25) is 0 Å². The summed E-state index contributed by atoms with van der Waals surface area (Å²) in [6, 6.07) is 12.6. The molecule has 1 aliphatic heterocycles. The lowest BCUT2D eigenvalue weighted by atomic mass is 9.96. The van der Waals surface area contributed by atoms with E-state index in [4.69, 9.17) is 0 Å². The number of fused-ring (bicyclic) bond motifs is 1. The molecule has 7 heteroatoms. The Morgan fingerprint density at radius 3 is 2.39 bits per heavy atom. The fourth-order valence-corrected chi connectivity index (χ4v) is 4.56. The number of likely N-dealkylation sites (N-methyl/N-ethyl adjacent to an activating group) is 1. The zero-order chi connectivity index (χ0) is 23.7. The minimum Gasteiger partial charge on any atom is -0.505 e. The molecule has 0 radical (unpaired) electrons. The van der Waals surface area contributed by atoms with Gasteiger partial charge >= 0.3 is 0 Å². The van der Waals surface area contributed by atoms with Gasteiger partial charge in [0.15, 0.2) is 5.76 Å². The average molecular weight is 447 g/mol. The molecule has 1 saturated heterocycles. The van der Waals surface area contributed by atoms with Crippen LogP contribution in [0.15, 0.2) is 54.2 Å². The van der Waals surface area contributed by atoms with Gasteiger partial charge < -0.3 is 19.3 Å². The van der Waals surface area contributed by atoms with E-state index in [1.807, 2.05) is 66.9 Å². The van der Waals surface area contributed by atoms with Gasteiger partial charge in [-0.3, -0.25) is 9.59 Å². The van der Waals surface area contributed by atoms with E-state index in [-0.39, 0.29) is 11.3 Å². The lowest BCUT2D eigenvalue weighted by molar-refractivity contribution is -0.140. The average Bonchev–Trinajstić information content (AvgIpc) is 3.30. The van der Waals surface area contributed by atoms with Crippen LogP contribution in [0.5, 0.6) is 0 Å². The fourth-order valence-electron chi connectivity index (χ4n) is 4.56. The van der Waals surface area contributed by atoms with Crippen LogP contribution in [0.25, 0.3) is 11.4 Å². The monoisotopic (exact) mass is 446 g/mol. The number of aromatic nitrogens is 2. The van der Waals surface area contributed by atoms with Crippen molar-refractivity contribution >= 4 is 23.1 Å². The smallest absolute Gasteiger partial charge is 0.295 e.